The molecule has 0 N–H and O–H groups in total. The maximum absolute atomic E-state index is 12.1. The zero-order valence-electron chi connectivity index (χ0n) is 18.2. The van der Waals surface area contributed by atoms with Crippen molar-refractivity contribution in [1.82, 2.24) is 0 Å². The number of rotatable bonds is 9. The summed E-state index contributed by atoms with van der Waals surface area (Å²) in [4.78, 5) is 24.2. The van der Waals surface area contributed by atoms with Gasteiger partial charge < -0.3 is 23.7 Å². The zero-order valence-corrected chi connectivity index (χ0v) is 18.2. The third kappa shape index (κ3) is 6.83. The second-order valence-corrected chi connectivity index (χ2v) is 7.72. The molecule has 2 rings (SSSR count). The molecule has 0 aromatic heterocycles. The number of fused-ring (bicyclic) bond motifs is 1. The Bertz CT molecular complexity index is 858. The minimum absolute atomic E-state index is 0.197. The van der Waals surface area contributed by atoms with Gasteiger partial charge in [0.15, 0.2) is 11.5 Å². The third-order valence-electron chi connectivity index (χ3n) is 4.35. The Labute approximate surface area is 177 Å². The molecule has 0 aliphatic rings. The molecule has 0 aliphatic carbocycles. The average Bonchev–Trinajstić information content (AvgIpc) is 2.69. The summed E-state index contributed by atoms with van der Waals surface area (Å²) in [5, 5.41) is 1.12. The molecule has 2 aromatic rings. The van der Waals surface area contributed by atoms with Crippen LogP contribution >= 0.6 is 0 Å². The quantitative estimate of drug-likeness (QED) is 0.366. The molecule has 7 nitrogen and oxygen atoms in total. The van der Waals surface area contributed by atoms with E-state index in [4.69, 9.17) is 23.7 Å². The minimum Gasteiger partial charge on any atom is -0.493 e. The smallest absolute Gasteiger partial charge is 0.493 e. The molecule has 0 amide bonds. The molecular formula is C23H30O7. The van der Waals surface area contributed by atoms with Crippen molar-refractivity contribution in [3.05, 3.63) is 30.3 Å². The van der Waals surface area contributed by atoms with Gasteiger partial charge in [0.2, 0.25) is 0 Å². The topological polar surface area (TPSA) is 80.3 Å². The number of ether oxygens (including phenoxy) is 5. The average molecular weight is 418 g/mol. The molecule has 7 heteroatoms. The highest BCUT2D eigenvalue weighted by Gasteiger charge is 2.20. The van der Waals surface area contributed by atoms with E-state index in [1.807, 2.05) is 27.7 Å². The van der Waals surface area contributed by atoms with Crippen molar-refractivity contribution in [1.29, 1.82) is 0 Å². The summed E-state index contributed by atoms with van der Waals surface area (Å²) in [5.74, 6) is 1.50. The van der Waals surface area contributed by atoms with Gasteiger partial charge in [-0.3, -0.25) is 0 Å². The van der Waals surface area contributed by atoms with Crippen molar-refractivity contribution in [2.75, 3.05) is 20.3 Å². The Kier molecular flexibility index (Phi) is 8.77. The van der Waals surface area contributed by atoms with E-state index >= 15 is 0 Å². The Balaban J connectivity index is 2.23. The van der Waals surface area contributed by atoms with Gasteiger partial charge in [-0.15, -0.1) is 0 Å². The molecule has 30 heavy (non-hydrogen) atoms. The van der Waals surface area contributed by atoms with Crippen LogP contribution in [0.2, 0.25) is 0 Å². The predicted molar refractivity (Wildman–Crippen MR) is 113 cm³/mol. The SMILES string of the molecule is COc1cc(OC(=O)OCCC(C)C)c2ccccc2c1OC(=O)OCCC(C)C. The molecular weight excluding hydrogens is 388 g/mol. The highest BCUT2D eigenvalue weighted by Crippen LogP contribution is 2.41. The van der Waals surface area contributed by atoms with Crippen LogP contribution in [-0.2, 0) is 9.47 Å². The molecule has 0 radical (unpaired) electrons. The number of methoxy groups -OCH3 is 1. The van der Waals surface area contributed by atoms with E-state index in [0.29, 0.717) is 22.6 Å². The van der Waals surface area contributed by atoms with Crippen molar-refractivity contribution in [3.8, 4) is 17.2 Å². The second-order valence-electron chi connectivity index (χ2n) is 7.72. The molecule has 2 aromatic carbocycles. The standard InChI is InChI=1S/C23H30O7/c1-15(2)10-12-27-22(24)29-19-14-20(26-5)21(18-9-7-6-8-17(18)19)30-23(25)28-13-11-16(3)4/h6-9,14-16H,10-13H2,1-5H3. The molecule has 0 unspecified atom stereocenters. The Morgan fingerprint density at radius 3 is 1.87 bits per heavy atom. The fraction of sp³-hybridized carbons (Fsp3) is 0.478. The molecule has 0 heterocycles. The van der Waals surface area contributed by atoms with Gasteiger partial charge in [0.25, 0.3) is 0 Å². The number of hydrogen-bond donors (Lipinski definition) is 0. The zero-order chi connectivity index (χ0) is 22.1. The van der Waals surface area contributed by atoms with Crippen LogP contribution in [0.4, 0.5) is 9.59 Å². The van der Waals surface area contributed by atoms with Gasteiger partial charge in [0, 0.05) is 16.8 Å². The van der Waals surface area contributed by atoms with Crippen LogP contribution < -0.4 is 14.2 Å². The summed E-state index contributed by atoms with van der Waals surface area (Å²) in [6.45, 7) is 8.70. The third-order valence-corrected chi connectivity index (χ3v) is 4.35. The lowest BCUT2D eigenvalue weighted by atomic mass is 10.1. The van der Waals surface area contributed by atoms with Crippen molar-refractivity contribution < 1.29 is 33.3 Å². The summed E-state index contributed by atoms with van der Waals surface area (Å²) < 4.78 is 26.5. The molecule has 0 saturated heterocycles. The van der Waals surface area contributed by atoms with Crippen LogP contribution in [0.3, 0.4) is 0 Å². The van der Waals surface area contributed by atoms with Gasteiger partial charge in [-0.25, -0.2) is 9.59 Å². The lowest BCUT2D eigenvalue weighted by Crippen LogP contribution is -2.14. The van der Waals surface area contributed by atoms with Gasteiger partial charge in [-0.05, 0) is 24.7 Å². The number of carbonyl (C=O) groups excluding carboxylic acids is 2. The van der Waals surface area contributed by atoms with Crippen molar-refractivity contribution in [3.63, 3.8) is 0 Å². The van der Waals surface area contributed by atoms with E-state index in [1.54, 1.807) is 24.3 Å². The largest absolute Gasteiger partial charge is 0.513 e. The summed E-state index contributed by atoms with van der Waals surface area (Å²) in [7, 11) is 1.44. The maximum Gasteiger partial charge on any atom is 0.513 e. The molecule has 0 atom stereocenters. The summed E-state index contributed by atoms with van der Waals surface area (Å²) in [6, 6.07) is 8.55. The first-order valence-corrected chi connectivity index (χ1v) is 10.1. The second kappa shape index (κ2) is 11.3. The van der Waals surface area contributed by atoms with Crippen LogP contribution in [0, 0.1) is 11.8 Å². The van der Waals surface area contributed by atoms with E-state index in [0.717, 1.165) is 12.8 Å². The van der Waals surface area contributed by atoms with Crippen LogP contribution in [0.15, 0.2) is 30.3 Å². The number of benzene rings is 2. The fourth-order valence-corrected chi connectivity index (χ4v) is 2.62. The first kappa shape index (κ1) is 23.3. The molecule has 0 saturated carbocycles. The lowest BCUT2D eigenvalue weighted by molar-refractivity contribution is 0.0924. The van der Waals surface area contributed by atoms with Crippen LogP contribution in [0.1, 0.15) is 40.5 Å². The molecule has 0 fully saturated rings. The first-order chi connectivity index (χ1) is 14.3. The monoisotopic (exact) mass is 418 g/mol. The normalized spacial score (nSPS) is 10.9. The first-order valence-electron chi connectivity index (χ1n) is 10.1. The van der Waals surface area contributed by atoms with E-state index in [2.05, 4.69) is 0 Å². The molecule has 0 bridgehead atoms. The van der Waals surface area contributed by atoms with Crippen molar-refractivity contribution >= 4 is 23.1 Å². The highest BCUT2D eigenvalue weighted by molar-refractivity contribution is 5.97. The maximum atomic E-state index is 12.1. The van der Waals surface area contributed by atoms with Gasteiger partial charge in [-0.1, -0.05) is 52.0 Å². The van der Waals surface area contributed by atoms with Crippen LogP contribution in [-0.4, -0.2) is 32.6 Å². The highest BCUT2D eigenvalue weighted by atomic mass is 16.7. The molecule has 164 valence electrons. The van der Waals surface area contributed by atoms with Crippen LogP contribution in [0.5, 0.6) is 17.2 Å². The van der Waals surface area contributed by atoms with Gasteiger partial charge in [0.1, 0.15) is 5.75 Å². The number of hydrogen-bond acceptors (Lipinski definition) is 7. The molecule has 0 spiro atoms. The fourth-order valence-electron chi connectivity index (χ4n) is 2.62. The van der Waals surface area contributed by atoms with Crippen molar-refractivity contribution in [2.24, 2.45) is 11.8 Å². The summed E-state index contributed by atoms with van der Waals surface area (Å²) >= 11 is 0. The Hall–Kier alpha value is -2.96. The summed E-state index contributed by atoms with van der Waals surface area (Å²) in [6.07, 6.45) is -0.144. The Morgan fingerprint density at radius 1 is 0.800 bits per heavy atom. The number of carbonyl (C=O) groups is 2. The van der Waals surface area contributed by atoms with E-state index in [1.165, 1.54) is 13.2 Å². The van der Waals surface area contributed by atoms with E-state index in [-0.39, 0.29) is 30.5 Å². The van der Waals surface area contributed by atoms with Gasteiger partial charge in [-0.2, -0.15) is 0 Å². The van der Waals surface area contributed by atoms with Crippen LogP contribution in [0.25, 0.3) is 10.8 Å². The van der Waals surface area contributed by atoms with E-state index < -0.39 is 12.3 Å². The van der Waals surface area contributed by atoms with Gasteiger partial charge in [0.05, 0.1) is 20.3 Å². The molecule has 0 aliphatic heterocycles. The van der Waals surface area contributed by atoms with E-state index in [9.17, 15) is 9.59 Å². The summed E-state index contributed by atoms with van der Waals surface area (Å²) in [5.41, 5.74) is 0. The van der Waals surface area contributed by atoms with Crippen molar-refractivity contribution in [2.45, 2.75) is 40.5 Å². The van der Waals surface area contributed by atoms with Gasteiger partial charge >= 0.3 is 12.3 Å². The minimum atomic E-state index is -0.819. The Morgan fingerprint density at radius 2 is 1.33 bits per heavy atom. The lowest BCUT2D eigenvalue weighted by Gasteiger charge is -2.15. The predicted octanol–water partition coefficient (Wildman–Crippen LogP) is 5.97.